The van der Waals surface area contributed by atoms with Crippen molar-refractivity contribution in [1.82, 2.24) is 0 Å². The van der Waals surface area contributed by atoms with Crippen molar-refractivity contribution in [3.63, 3.8) is 0 Å². The van der Waals surface area contributed by atoms with Gasteiger partial charge in [-0.25, -0.2) is 0 Å². The minimum Gasteiger partial charge on any atom is -1.00 e. The van der Waals surface area contributed by atoms with Gasteiger partial charge >= 0.3 is 54.7 Å². The van der Waals surface area contributed by atoms with Gasteiger partial charge in [0.25, 0.3) is 0 Å². The minimum absolute atomic E-state index is 0. The summed E-state index contributed by atoms with van der Waals surface area (Å²) in [6.07, 6.45) is 20.2. The molecule has 362 valence electrons. The average molecular weight is 1200 g/mol. The van der Waals surface area contributed by atoms with Crippen LogP contribution >= 0.6 is 126 Å². The molecular weight excluding hydrogens is 1100 g/mol. The van der Waals surface area contributed by atoms with Crippen molar-refractivity contribution in [1.29, 1.82) is 0 Å². The molecule has 0 heterocycles. The molecule has 0 rings (SSSR count). The first-order valence-electron chi connectivity index (χ1n) is 19.4. The number of hydrogen-bond donors (Lipinski definition) is 0. The predicted molar refractivity (Wildman–Crippen MR) is 321 cm³/mol. The molecule has 59 heavy (non-hydrogen) atoms. The van der Waals surface area contributed by atoms with E-state index in [1.807, 2.05) is 83.7 Å². The summed E-state index contributed by atoms with van der Waals surface area (Å²) in [7, 11) is -7.60. The summed E-state index contributed by atoms with van der Waals surface area (Å²) in [5.41, 5.74) is 0. The third-order valence-electron chi connectivity index (χ3n) is 6.37. The van der Waals surface area contributed by atoms with Crippen LogP contribution in [0.4, 0.5) is 0 Å². The summed E-state index contributed by atoms with van der Waals surface area (Å²) in [6, 6.07) is 5.02. The van der Waals surface area contributed by atoms with Crippen LogP contribution in [0.5, 0.6) is 0 Å². The Labute approximate surface area is 468 Å². The van der Waals surface area contributed by atoms with Crippen LogP contribution in [-0.2, 0) is 8.23 Å². The molecule has 3 nitrogen and oxygen atoms in total. The Morgan fingerprint density at radius 1 is 0.458 bits per heavy atom. The fraction of sp³-hybridized carbons (Fsp3) is 0.972. The quantitative estimate of drug-likeness (QED) is 0.0295. The van der Waals surface area contributed by atoms with Crippen LogP contribution in [0.2, 0.25) is 103 Å². The van der Waals surface area contributed by atoms with E-state index in [-0.39, 0.29) is 66.8 Å². The van der Waals surface area contributed by atoms with E-state index < -0.39 is 46.7 Å². The largest absolute Gasteiger partial charge is 2.00 e. The molecule has 0 aromatic heterocycles. The second-order valence-electron chi connectivity index (χ2n) is 16.2. The molecule has 0 aromatic carbocycles. The van der Waals surface area contributed by atoms with Gasteiger partial charge in [0, 0.05) is 5.88 Å². The van der Waals surface area contributed by atoms with Gasteiger partial charge in [-0.1, -0.05) is 26.2 Å². The van der Waals surface area contributed by atoms with Gasteiger partial charge < -0.3 is 35.9 Å². The van der Waals surface area contributed by atoms with Crippen molar-refractivity contribution in [3.8, 4) is 0 Å². The molecule has 0 saturated heterocycles. The number of alkyl halides is 1. The Balaban J connectivity index is -0.0000000510. The molecule has 0 bridgehead atoms. The first-order chi connectivity index (χ1) is 25.0. The molecule has 0 amide bonds. The molecular formula is C36H94Cl6Mg2O3S6Si6. The maximum Gasteiger partial charge on any atom is 2.00 e. The standard InChI is InChI=1S/C14H36O2S2Si3.2C6H15ClSSi.C4H9ClS.C4H9S.C2H6Cl2Si.ClH.2Mg.H2O.2H/c1-17-11-9-13-19(3,4)15-21(7,8)16-20(5,6)14-10-12-18-2;2*1-8-5-4-6-9(2,3)7;1-6-4-2-3-5;1-3-4-5-2;1-5(2,3)4;;;;;;/h9-14H2,1-8H3;2*4-6H2,1-3H3;2-4H2,1H3;1,3-4H2,2H3;1-2H3;1H;;;1H2;;/q;;;;-1;;;2*+2;;2*-1/p-1. The van der Waals surface area contributed by atoms with Crippen LogP contribution < -0.4 is 12.4 Å². The van der Waals surface area contributed by atoms with Gasteiger partial charge in [0.15, 0.2) is 31.4 Å². The zero-order chi connectivity index (χ0) is 44.7. The summed E-state index contributed by atoms with van der Waals surface area (Å²) >= 11 is 39.8. The van der Waals surface area contributed by atoms with E-state index >= 15 is 0 Å². The van der Waals surface area contributed by atoms with E-state index in [9.17, 15) is 0 Å². The van der Waals surface area contributed by atoms with Crippen LogP contribution in [0.1, 0.15) is 41.4 Å². The van der Waals surface area contributed by atoms with Crippen molar-refractivity contribution >= 4 is 219 Å². The van der Waals surface area contributed by atoms with Gasteiger partial charge in [-0.2, -0.15) is 99.2 Å². The number of halogens is 6. The van der Waals surface area contributed by atoms with E-state index in [1.54, 1.807) is 0 Å². The molecule has 0 aliphatic heterocycles. The fourth-order valence-electron chi connectivity index (χ4n) is 4.36. The smallest absolute Gasteiger partial charge is 1.00 e. The molecule has 2 N–H and O–H groups in total. The predicted octanol–water partition coefficient (Wildman–Crippen LogP) is 13.4. The second kappa shape index (κ2) is 57.1. The molecule has 0 radical (unpaired) electrons. The summed E-state index contributed by atoms with van der Waals surface area (Å²) in [5.74, 6) is 8.23. The molecule has 0 fully saturated rings. The van der Waals surface area contributed by atoms with E-state index in [4.69, 9.17) is 64.1 Å². The van der Waals surface area contributed by atoms with Crippen molar-refractivity contribution in [2.75, 3.05) is 77.9 Å². The molecule has 0 aliphatic rings. The zero-order valence-corrected chi connectivity index (χ0v) is 59.4. The normalized spacial score (nSPS) is 11.2. The van der Waals surface area contributed by atoms with Crippen LogP contribution in [0.3, 0.4) is 0 Å². The average Bonchev–Trinajstić information content (AvgIpc) is 2.99. The van der Waals surface area contributed by atoms with Gasteiger partial charge in [0.1, 0.15) is 0 Å². The number of rotatable bonds is 25. The first kappa shape index (κ1) is 88.5. The van der Waals surface area contributed by atoms with Gasteiger partial charge in [0.05, 0.1) is 0 Å². The van der Waals surface area contributed by atoms with Gasteiger partial charge in [-0.3, -0.25) is 0 Å². The minimum atomic E-state index is -1.98. The third-order valence-corrected chi connectivity index (χ3v) is 26.5. The second-order valence-corrected chi connectivity index (χ2v) is 57.8. The van der Waals surface area contributed by atoms with E-state index in [0.29, 0.717) is 0 Å². The molecule has 23 heteroatoms. The monoisotopic (exact) mass is 1190 g/mol. The summed E-state index contributed by atoms with van der Waals surface area (Å²) in [6.45, 7) is 28.4. The molecule has 0 spiro atoms. The molecule has 0 aliphatic carbocycles. The van der Waals surface area contributed by atoms with E-state index in [1.165, 1.54) is 84.4 Å². The van der Waals surface area contributed by atoms with Gasteiger partial charge in [-0.15, -0.1) is 33.8 Å². The SMILES string of the molecule is CSCCCCl.CSCCC[Si](C)(C)Cl.CSCCC[Si](C)(C)Cl.CSCCC[Si](C)(C)O[Si](C)(C)O[Si](C)(C)CCCSC.C[Si](C)(Cl)Cl.O.[CH2-]CCSC.[Cl-].[H-].[H-].[Mg+2].[Mg+2]. The van der Waals surface area contributed by atoms with Gasteiger partial charge in [-0.05, 0) is 181 Å². The third kappa shape index (κ3) is 112. The number of thioether (sulfide) groups is 6. The fourth-order valence-corrected chi connectivity index (χ4v) is 25.0. The van der Waals surface area contributed by atoms with Crippen molar-refractivity contribution in [2.45, 2.75) is 141 Å². The zero-order valence-electron chi connectivity index (χ0n) is 43.2. The molecule has 0 saturated carbocycles. The van der Waals surface area contributed by atoms with Crippen LogP contribution in [0.15, 0.2) is 0 Å². The summed E-state index contributed by atoms with van der Waals surface area (Å²) in [5, 5.41) is 0. The van der Waals surface area contributed by atoms with Crippen molar-refractivity contribution in [3.05, 3.63) is 6.92 Å². The summed E-state index contributed by atoms with van der Waals surface area (Å²) in [4.78, 5) is 0. The first-order valence-corrected chi connectivity index (χ1v) is 50.8. The van der Waals surface area contributed by atoms with Crippen LogP contribution in [-0.4, -0.2) is 176 Å². The number of hydrogen-bond acceptors (Lipinski definition) is 8. The van der Waals surface area contributed by atoms with Crippen LogP contribution in [0, 0.1) is 6.92 Å². The van der Waals surface area contributed by atoms with Gasteiger partial charge in [0.2, 0.25) is 6.69 Å². The van der Waals surface area contributed by atoms with E-state index in [0.717, 1.165) is 18.7 Å². The van der Waals surface area contributed by atoms with Crippen LogP contribution in [0.25, 0.3) is 0 Å². The molecule has 0 atom stereocenters. The Hall–Kier alpha value is 6.55. The van der Waals surface area contributed by atoms with E-state index in [2.05, 4.69) is 110 Å². The Kier molecular flexibility index (Phi) is 85.7. The Bertz CT molecular complexity index is 745. The maximum atomic E-state index is 6.59. The summed E-state index contributed by atoms with van der Waals surface area (Å²) < 4.78 is 13.2. The topological polar surface area (TPSA) is 50.0 Å². The maximum absolute atomic E-state index is 6.59. The van der Waals surface area contributed by atoms with Crippen molar-refractivity contribution in [2.24, 2.45) is 0 Å². The molecule has 0 unspecified atom stereocenters. The van der Waals surface area contributed by atoms with Crippen molar-refractivity contribution < 1.29 is 29.0 Å². The molecule has 0 aromatic rings. The Morgan fingerprint density at radius 3 is 0.831 bits per heavy atom. The Morgan fingerprint density at radius 2 is 0.678 bits per heavy atom.